The summed E-state index contributed by atoms with van der Waals surface area (Å²) in [6, 6.07) is 26.8. The normalized spacial score (nSPS) is 11.6. The van der Waals surface area contributed by atoms with Crippen molar-refractivity contribution in [1.29, 1.82) is 0 Å². The molecule has 0 saturated carbocycles. The first-order valence-corrected chi connectivity index (χ1v) is 9.54. The van der Waals surface area contributed by atoms with Gasteiger partial charge >= 0.3 is 0 Å². The van der Waals surface area contributed by atoms with Crippen molar-refractivity contribution in [2.45, 2.75) is 6.04 Å². The molecular formula is C24H20N4O2. The van der Waals surface area contributed by atoms with Gasteiger partial charge in [-0.2, -0.15) is 9.78 Å². The van der Waals surface area contributed by atoms with Gasteiger partial charge < -0.3 is 4.90 Å². The second-order valence-corrected chi connectivity index (χ2v) is 6.79. The Hall–Kier alpha value is -4.06. The molecule has 148 valence electrons. The standard InChI is InChI=1S/C24H20N4O2/c1-27(23(18-10-4-2-5-11-18)20-14-8-9-17-25-20)24(30)21-15-16-22(29)28(26-21)19-12-6-3-7-13-19/h2-17,23H,1H3. The number of carbonyl (C=O) groups is 1. The Bertz CT molecular complexity index is 1150. The van der Waals surface area contributed by atoms with E-state index in [-0.39, 0.29) is 23.2 Å². The lowest BCUT2D eigenvalue weighted by Gasteiger charge is -2.28. The van der Waals surface area contributed by atoms with Crippen LogP contribution in [-0.4, -0.2) is 32.6 Å². The van der Waals surface area contributed by atoms with Crippen LogP contribution < -0.4 is 5.56 Å². The smallest absolute Gasteiger partial charge is 0.274 e. The summed E-state index contributed by atoms with van der Waals surface area (Å²) in [7, 11) is 1.72. The van der Waals surface area contributed by atoms with Crippen molar-refractivity contribution < 1.29 is 4.79 Å². The van der Waals surface area contributed by atoms with E-state index in [1.54, 1.807) is 30.3 Å². The summed E-state index contributed by atoms with van der Waals surface area (Å²) in [4.78, 5) is 31.7. The molecule has 0 aliphatic carbocycles. The van der Waals surface area contributed by atoms with Crippen molar-refractivity contribution in [3.63, 3.8) is 0 Å². The fourth-order valence-corrected chi connectivity index (χ4v) is 3.34. The van der Waals surface area contributed by atoms with Crippen LogP contribution in [0.4, 0.5) is 0 Å². The van der Waals surface area contributed by atoms with Crippen LogP contribution in [0.1, 0.15) is 27.8 Å². The van der Waals surface area contributed by atoms with Gasteiger partial charge in [0.2, 0.25) is 0 Å². The van der Waals surface area contributed by atoms with Gasteiger partial charge in [0.15, 0.2) is 0 Å². The lowest BCUT2D eigenvalue weighted by Crippen LogP contribution is -2.34. The number of pyridine rings is 1. The van der Waals surface area contributed by atoms with Crippen molar-refractivity contribution in [3.8, 4) is 5.69 Å². The topological polar surface area (TPSA) is 68.1 Å². The van der Waals surface area contributed by atoms with E-state index in [9.17, 15) is 9.59 Å². The zero-order valence-electron chi connectivity index (χ0n) is 16.4. The maximum Gasteiger partial charge on any atom is 0.274 e. The second kappa shape index (κ2) is 8.53. The highest BCUT2D eigenvalue weighted by molar-refractivity contribution is 5.92. The minimum atomic E-state index is -0.390. The third-order valence-electron chi connectivity index (χ3n) is 4.81. The highest BCUT2D eigenvalue weighted by Gasteiger charge is 2.26. The van der Waals surface area contributed by atoms with Crippen molar-refractivity contribution in [3.05, 3.63) is 124 Å². The molecule has 0 aliphatic rings. The van der Waals surface area contributed by atoms with Crippen LogP contribution in [0.5, 0.6) is 0 Å². The van der Waals surface area contributed by atoms with Gasteiger partial charge in [-0.3, -0.25) is 14.6 Å². The molecule has 0 spiro atoms. The van der Waals surface area contributed by atoms with Crippen molar-refractivity contribution in [1.82, 2.24) is 19.7 Å². The van der Waals surface area contributed by atoms with Crippen LogP contribution in [-0.2, 0) is 0 Å². The van der Waals surface area contributed by atoms with E-state index in [0.29, 0.717) is 5.69 Å². The molecule has 6 heteroatoms. The molecule has 2 aromatic carbocycles. The molecule has 0 saturated heterocycles. The largest absolute Gasteiger partial charge is 0.328 e. The van der Waals surface area contributed by atoms with Crippen LogP contribution in [0.25, 0.3) is 5.69 Å². The SMILES string of the molecule is CN(C(=O)c1ccc(=O)n(-c2ccccc2)n1)C(c1ccccc1)c1ccccn1. The summed E-state index contributed by atoms with van der Waals surface area (Å²) in [6.45, 7) is 0. The Morgan fingerprint density at radius 2 is 1.53 bits per heavy atom. The molecule has 2 heterocycles. The Labute approximate surface area is 174 Å². The van der Waals surface area contributed by atoms with Crippen LogP contribution in [0, 0.1) is 0 Å². The quantitative estimate of drug-likeness (QED) is 0.518. The molecule has 2 aromatic heterocycles. The van der Waals surface area contributed by atoms with Gasteiger partial charge in [0.05, 0.1) is 17.4 Å². The fourth-order valence-electron chi connectivity index (χ4n) is 3.34. The molecule has 1 amide bonds. The Morgan fingerprint density at radius 1 is 0.867 bits per heavy atom. The number of carbonyl (C=O) groups excluding carboxylic acids is 1. The molecule has 1 atom stereocenters. The van der Waals surface area contributed by atoms with Gasteiger partial charge in [-0.25, -0.2) is 0 Å². The molecule has 0 bridgehead atoms. The average molecular weight is 396 g/mol. The molecule has 30 heavy (non-hydrogen) atoms. The number of nitrogens with zero attached hydrogens (tertiary/aromatic N) is 4. The van der Waals surface area contributed by atoms with E-state index in [1.807, 2.05) is 66.7 Å². The minimum absolute atomic E-state index is 0.179. The van der Waals surface area contributed by atoms with E-state index in [1.165, 1.54) is 16.8 Å². The molecule has 4 aromatic rings. The monoisotopic (exact) mass is 396 g/mol. The van der Waals surface area contributed by atoms with E-state index >= 15 is 0 Å². The molecule has 6 nitrogen and oxygen atoms in total. The molecular weight excluding hydrogens is 376 g/mol. The summed E-state index contributed by atoms with van der Waals surface area (Å²) in [5.74, 6) is -0.306. The molecule has 0 aliphatic heterocycles. The number of para-hydroxylation sites is 1. The van der Waals surface area contributed by atoms with E-state index in [4.69, 9.17) is 0 Å². The first-order chi connectivity index (χ1) is 14.6. The summed E-state index contributed by atoms with van der Waals surface area (Å²) >= 11 is 0. The van der Waals surface area contributed by atoms with Crippen LogP contribution in [0.3, 0.4) is 0 Å². The Balaban J connectivity index is 1.74. The van der Waals surface area contributed by atoms with Crippen molar-refractivity contribution >= 4 is 5.91 Å². The number of hydrogen-bond donors (Lipinski definition) is 0. The predicted octanol–water partition coefficient (Wildman–Crippen LogP) is 3.49. The predicted molar refractivity (Wildman–Crippen MR) is 114 cm³/mol. The first kappa shape index (κ1) is 19.3. The number of amides is 1. The van der Waals surface area contributed by atoms with Crippen LogP contribution in [0.15, 0.2) is 102 Å². The highest BCUT2D eigenvalue weighted by atomic mass is 16.2. The van der Waals surface area contributed by atoms with Gasteiger partial charge in [-0.15, -0.1) is 0 Å². The van der Waals surface area contributed by atoms with Gasteiger partial charge in [0, 0.05) is 19.3 Å². The third-order valence-corrected chi connectivity index (χ3v) is 4.81. The summed E-state index contributed by atoms with van der Waals surface area (Å²) in [5.41, 5.74) is 2.16. The van der Waals surface area contributed by atoms with Gasteiger partial charge in [0.25, 0.3) is 11.5 Å². The molecule has 4 rings (SSSR count). The second-order valence-electron chi connectivity index (χ2n) is 6.79. The lowest BCUT2D eigenvalue weighted by molar-refractivity contribution is 0.0744. The summed E-state index contributed by atoms with van der Waals surface area (Å²) in [6.07, 6.45) is 1.71. The number of rotatable bonds is 5. The van der Waals surface area contributed by atoms with E-state index in [0.717, 1.165) is 11.3 Å². The molecule has 0 fully saturated rings. The first-order valence-electron chi connectivity index (χ1n) is 9.54. The van der Waals surface area contributed by atoms with Gasteiger partial charge in [0.1, 0.15) is 5.69 Å². The zero-order chi connectivity index (χ0) is 20.9. The number of benzene rings is 2. The van der Waals surface area contributed by atoms with E-state index < -0.39 is 0 Å². The third kappa shape index (κ3) is 3.89. The maximum atomic E-state index is 13.3. The molecule has 0 N–H and O–H groups in total. The highest BCUT2D eigenvalue weighted by Crippen LogP contribution is 2.27. The molecule has 0 radical (unpaired) electrons. The fraction of sp³-hybridized carbons (Fsp3) is 0.0833. The average Bonchev–Trinajstić information content (AvgIpc) is 2.81. The Morgan fingerprint density at radius 3 is 2.20 bits per heavy atom. The summed E-state index contributed by atoms with van der Waals surface area (Å²) in [5, 5.41) is 4.33. The molecule has 1 unspecified atom stereocenters. The summed E-state index contributed by atoms with van der Waals surface area (Å²) < 4.78 is 1.24. The number of aromatic nitrogens is 3. The van der Waals surface area contributed by atoms with Crippen LogP contribution >= 0.6 is 0 Å². The van der Waals surface area contributed by atoms with Crippen LogP contribution in [0.2, 0.25) is 0 Å². The Kier molecular flexibility index (Phi) is 5.48. The van der Waals surface area contributed by atoms with E-state index in [2.05, 4.69) is 10.1 Å². The number of hydrogen-bond acceptors (Lipinski definition) is 4. The van der Waals surface area contributed by atoms with Gasteiger partial charge in [-0.1, -0.05) is 54.6 Å². The maximum absolute atomic E-state index is 13.3. The zero-order valence-corrected chi connectivity index (χ0v) is 16.4. The lowest BCUT2D eigenvalue weighted by atomic mass is 10.0. The van der Waals surface area contributed by atoms with Gasteiger partial charge in [-0.05, 0) is 35.9 Å². The van der Waals surface area contributed by atoms with Crippen molar-refractivity contribution in [2.24, 2.45) is 0 Å². The minimum Gasteiger partial charge on any atom is -0.328 e. The van der Waals surface area contributed by atoms with Crippen molar-refractivity contribution in [2.75, 3.05) is 7.05 Å².